The molecule has 1 aliphatic carbocycles. The molecule has 8 heteroatoms. The Labute approximate surface area is 205 Å². The van der Waals surface area contributed by atoms with E-state index in [4.69, 9.17) is 4.74 Å². The first kappa shape index (κ1) is 23.0. The molecule has 2 unspecified atom stereocenters. The highest BCUT2D eigenvalue weighted by Crippen LogP contribution is 2.48. The summed E-state index contributed by atoms with van der Waals surface area (Å²) < 4.78 is 62.4. The fraction of sp³-hybridized carbons (Fsp3) is 0.321. The molecule has 2 bridgehead atoms. The van der Waals surface area contributed by atoms with Crippen LogP contribution in [0.5, 0.6) is 0 Å². The summed E-state index contributed by atoms with van der Waals surface area (Å²) in [5.74, 6) is -6.47. The zero-order chi connectivity index (χ0) is 25.2. The molecule has 3 aromatic carbocycles. The lowest BCUT2D eigenvalue weighted by Crippen LogP contribution is -2.52. The maximum atomic E-state index is 14.5. The minimum absolute atomic E-state index is 0.116. The highest BCUT2D eigenvalue weighted by atomic mass is 19.2. The van der Waals surface area contributed by atoms with Crippen molar-refractivity contribution in [3.63, 3.8) is 0 Å². The molecule has 2 aliphatic heterocycles. The van der Waals surface area contributed by atoms with Crippen molar-refractivity contribution in [3.8, 4) is 11.1 Å². The van der Waals surface area contributed by atoms with E-state index in [1.165, 1.54) is 4.90 Å². The molecule has 2 fully saturated rings. The van der Waals surface area contributed by atoms with Gasteiger partial charge in [0.2, 0.25) is 0 Å². The third-order valence-corrected chi connectivity index (χ3v) is 7.89. The number of piperidine rings is 1. The second-order valence-electron chi connectivity index (χ2n) is 9.88. The molecule has 0 radical (unpaired) electrons. The smallest absolute Gasteiger partial charge is 0.410 e. The highest BCUT2D eigenvalue weighted by Gasteiger charge is 2.53. The summed E-state index contributed by atoms with van der Waals surface area (Å²) in [6.07, 6.45) is -0.0940. The standard InChI is InChI=1S/C28H23F4NO3/c29-22-11-23(30)26(32)24(25(22)31)28(35)12-15-9-10-16(13-28)33(15)27(34)36-14-21-19-7-3-1-5-17(19)18-6-2-4-8-20(18)21/h1-8,11,15-16,21,35H,9-10,12-14H2. The monoisotopic (exact) mass is 497 g/mol. The van der Waals surface area contributed by atoms with Crippen LogP contribution in [0.3, 0.4) is 0 Å². The first-order valence-corrected chi connectivity index (χ1v) is 12.0. The number of benzene rings is 3. The van der Waals surface area contributed by atoms with Gasteiger partial charge in [-0.3, -0.25) is 0 Å². The Morgan fingerprint density at radius 1 is 0.889 bits per heavy atom. The van der Waals surface area contributed by atoms with Crippen molar-refractivity contribution in [1.82, 2.24) is 4.90 Å². The van der Waals surface area contributed by atoms with E-state index in [1.54, 1.807) is 0 Å². The zero-order valence-electron chi connectivity index (χ0n) is 19.2. The highest BCUT2D eigenvalue weighted by molar-refractivity contribution is 5.79. The van der Waals surface area contributed by atoms with E-state index in [-0.39, 0.29) is 31.4 Å². The molecule has 2 saturated heterocycles. The molecule has 3 aliphatic rings. The number of carbonyl (C=O) groups is 1. The van der Waals surface area contributed by atoms with Crippen LogP contribution < -0.4 is 0 Å². The van der Waals surface area contributed by atoms with Gasteiger partial charge >= 0.3 is 6.09 Å². The first-order chi connectivity index (χ1) is 17.3. The second-order valence-corrected chi connectivity index (χ2v) is 9.88. The lowest BCUT2D eigenvalue weighted by molar-refractivity contribution is -0.0580. The van der Waals surface area contributed by atoms with Gasteiger partial charge in [0.15, 0.2) is 23.3 Å². The number of hydrogen-bond acceptors (Lipinski definition) is 3. The van der Waals surface area contributed by atoms with Crippen molar-refractivity contribution < 1.29 is 32.2 Å². The number of fused-ring (bicyclic) bond motifs is 5. The Morgan fingerprint density at radius 3 is 1.92 bits per heavy atom. The average molecular weight is 497 g/mol. The predicted octanol–water partition coefficient (Wildman–Crippen LogP) is 6.01. The van der Waals surface area contributed by atoms with Gasteiger partial charge in [-0.2, -0.15) is 0 Å². The van der Waals surface area contributed by atoms with Crippen LogP contribution in [-0.2, 0) is 10.3 Å². The summed E-state index contributed by atoms with van der Waals surface area (Å²) in [6.45, 7) is 0.116. The lowest BCUT2D eigenvalue weighted by Gasteiger charge is -2.43. The maximum absolute atomic E-state index is 14.5. The Balaban J connectivity index is 1.22. The fourth-order valence-electron chi connectivity index (χ4n) is 6.38. The first-order valence-electron chi connectivity index (χ1n) is 12.0. The van der Waals surface area contributed by atoms with Gasteiger partial charge in [-0.15, -0.1) is 0 Å². The SMILES string of the molecule is O=C(OCC1c2ccccc2-c2ccccc21)N1C2CCC1CC(O)(c1c(F)c(F)cc(F)c1F)C2. The van der Waals surface area contributed by atoms with Gasteiger partial charge in [0, 0.05) is 36.9 Å². The number of nitrogens with zero attached hydrogens (tertiary/aromatic N) is 1. The maximum Gasteiger partial charge on any atom is 0.410 e. The van der Waals surface area contributed by atoms with E-state index in [2.05, 4.69) is 0 Å². The molecule has 4 nitrogen and oxygen atoms in total. The van der Waals surface area contributed by atoms with E-state index in [9.17, 15) is 27.5 Å². The summed E-state index contributed by atoms with van der Waals surface area (Å²) in [6, 6.07) is 14.9. The summed E-state index contributed by atoms with van der Waals surface area (Å²) in [5.41, 5.74) is 1.20. The number of carbonyl (C=O) groups excluding carboxylic acids is 1. The molecule has 36 heavy (non-hydrogen) atoms. The number of hydrogen-bond donors (Lipinski definition) is 1. The van der Waals surface area contributed by atoms with Crippen molar-refractivity contribution in [2.45, 2.75) is 49.3 Å². The van der Waals surface area contributed by atoms with E-state index in [0.717, 1.165) is 22.3 Å². The van der Waals surface area contributed by atoms with Crippen molar-refractivity contribution in [1.29, 1.82) is 0 Å². The topological polar surface area (TPSA) is 49.8 Å². The van der Waals surface area contributed by atoms with Crippen LogP contribution in [0.4, 0.5) is 22.4 Å². The molecular weight excluding hydrogens is 474 g/mol. The number of aliphatic hydroxyl groups is 1. The molecule has 0 spiro atoms. The normalized spacial score (nSPS) is 24.5. The summed E-state index contributed by atoms with van der Waals surface area (Å²) in [4.78, 5) is 14.7. The van der Waals surface area contributed by atoms with E-state index < -0.39 is 52.6 Å². The number of halogens is 4. The van der Waals surface area contributed by atoms with E-state index in [0.29, 0.717) is 12.8 Å². The molecule has 1 N–H and O–H groups in total. The van der Waals surface area contributed by atoms with Crippen LogP contribution in [0.15, 0.2) is 54.6 Å². The number of rotatable bonds is 3. The van der Waals surface area contributed by atoms with Gasteiger partial charge in [-0.1, -0.05) is 48.5 Å². The van der Waals surface area contributed by atoms with Gasteiger partial charge in [0.05, 0.1) is 11.2 Å². The van der Waals surface area contributed by atoms with Crippen molar-refractivity contribution in [2.75, 3.05) is 6.61 Å². The average Bonchev–Trinajstić information content (AvgIpc) is 3.33. The van der Waals surface area contributed by atoms with Crippen LogP contribution in [0, 0.1) is 23.3 Å². The lowest BCUT2D eigenvalue weighted by atomic mass is 9.80. The molecule has 3 aromatic rings. The van der Waals surface area contributed by atoms with Crippen LogP contribution in [0.25, 0.3) is 11.1 Å². The van der Waals surface area contributed by atoms with Crippen LogP contribution in [0.2, 0.25) is 0 Å². The zero-order valence-corrected chi connectivity index (χ0v) is 19.2. The van der Waals surface area contributed by atoms with Crippen molar-refractivity contribution >= 4 is 6.09 Å². The minimum atomic E-state index is -2.14. The van der Waals surface area contributed by atoms with Gasteiger partial charge in [0.25, 0.3) is 0 Å². The van der Waals surface area contributed by atoms with Crippen LogP contribution in [0.1, 0.15) is 48.3 Å². The molecule has 186 valence electrons. The Bertz CT molecular complexity index is 1290. The largest absolute Gasteiger partial charge is 0.448 e. The fourth-order valence-corrected chi connectivity index (χ4v) is 6.38. The summed E-state index contributed by atoms with van der Waals surface area (Å²) in [5, 5.41) is 11.2. The van der Waals surface area contributed by atoms with E-state index in [1.807, 2.05) is 48.5 Å². The summed E-state index contributed by atoms with van der Waals surface area (Å²) >= 11 is 0. The summed E-state index contributed by atoms with van der Waals surface area (Å²) in [7, 11) is 0. The Morgan fingerprint density at radius 2 is 1.39 bits per heavy atom. The Kier molecular flexibility index (Phi) is 5.33. The van der Waals surface area contributed by atoms with E-state index >= 15 is 0 Å². The predicted molar refractivity (Wildman–Crippen MR) is 123 cm³/mol. The quantitative estimate of drug-likeness (QED) is 0.356. The molecule has 0 aromatic heterocycles. The minimum Gasteiger partial charge on any atom is -0.448 e. The molecule has 2 heterocycles. The number of amides is 1. The third-order valence-electron chi connectivity index (χ3n) is 7.89. The molecule has 1 amide bonds. The molecule has 6 rings (SSSR count). The second kappa shape index (κ2) is 8.34. The molecule has 0 saturated carbocycles. The van der Waals surface area contributed by atoms with Crippen molar-refractivity contribution in [3.05, 3.63) is 94.6 Å². The van der Waals surface area contributed by atoms with Gasteiger partial charge in [-0.05, 0) is 35.1 Å². The van der Waals surface area contributed by atoms with Crippen LogP contribution in [-0.4, -0.2) is 34.8 Å². The van der Waals surface area contributed by atoms with Gasteiger partial charge in [-0.25, -0.2) is 22.4 Å². The van der Waals surface area contributed by atoms with Gasteiger partial charge in [0.1, 0.15) is 6.61 Å². The molecular formula is C28H23F4NO3. The van der Waals surface area contributed by atoms with Crippen LogP contribution >= 0.6 is 0 Å². The van der Waals surface area contributed by atoms with Gasteiger partial charge < -0.3 is 14.7 Å². The Hall–Kier alpha value is -3.39. The van der Waals surface area contributed by atoms with Crippen molar-refractivity contribution in [2.24, 2.45) is 0 Å². The number of ether oxygens (including phenoxy) is 1. The molecule has 2 atom stereocenters. The third kappa shape index (κ3) is 3.42.